The van der Waals surface area contributed by atoms with Crippen molar-refractivity contribution in [2.75, 3.05) is 0 Å². The SMILES string of the molecule is [2H]c1cccc(-n2c3ccccc3c3ccc(-c4cccc(B(C)c5ccccn5)c4)cc32)n1. The highest BCUT2D eigenvalue weighted by Gasteiger charge is 2.16. The minimum atomic E-state index is 0.209. The first-order valence-corrected chi connectivity index (χ1v) is 11.2. The second-order valence-electron chi connectivity index (χ2n) is 8.31. The molecule has 0 N–H and O–H groups in total. The molecule has 4 heteroatoms. The summed E-state index contributed by atoms with van der Waals surface area (Å²) in [5.41, 5.74) is 6.79. The predicted molar refractivity (Wildman–Crippen MR) is 139 cm³/mol. The fourth-order valence-electron chi connectivity index (χ4n) is 4.63. The van der Waals surface area contributed by atoms with Crippen molar-refractivity contribution in [2.45, 2.75) is 6.82 Å². The third-order valence-electron chi connectivity index (χ3n) is 6.35. The number of hydrogen-bond acceptors (Lipinski definition) is 2. The molecular weight excluding hydrogens is 401 g/mol. The van der Waals surface area contributed by atoms with Crippen molar-refractivity contribution >= 4 is 39.6 Å². The van der Waals surface area contributed by atoms with Crippen molar-refractivity contribution in [3.8, 4) is 16.9 Å². The van der Waals surface area contributed by atoms with Crippen LogP contribution >= 0.6 is 0 Å². The van der Waals surface area contributed by atoms with E-state index in [0.29, 0.717) is 0 Å². The maximum atomic E-state index is 8.04. The third kappa shape index (κ3) is 3.40. The molecule has 3 aromatic carbocycles. The summed E-state index contributed by atoms with van der Waals surface area (Å²) in [5, 5.41) is 2.35. The summed E-state index contributed by atoms with van der Waals surface area (Å²) < 4.78 is 10.2. The molecule has 156 valence electrons. The lowest BCUT2D eigenvalue weighted by molar-refractivity contribution is 1.08. The van der Waals surface area contributed by atoms with Gasteiger partial charge in [0, 0.05) is 28.7 Å². The molecule has 0 spiro atoms. The van der Waals surface area contributed by atoms with Crippen LogP contribution in [0.1, 0.15) is 1.37 Å². The Morgan fingerprint density at radius 2 is 1.52 bits per heavy atom. The van der Waals surface area contributed by atoms with E-state index in [2.05, 4.69) is 88.1 Å². The Labute approximate surface area is 194 Å². The van der Waals surface area contributed by atoms with E-state index >= 15 is 0 Å². The van der Waals surface area contributed by atoms with Crippen LogP contribution in [0.4, 0.5) is 0 Å². The zero-order valence-corrected chi connectivity index (χ0v) is 18.3. The third-order valence-corrected chi connectivity index (χ3v) is 6.35. The van der Waals surface area contributed by atoms with E-state index in [4.69, 9.17) is 1.37 Å². The lowest BCUT2D eigenvalue weighted by Gasteiger charge is -2.11. The van der Waals surface area contributed by atoms with Crippen molar-refractivity contribution in [1.29, 1.82) is 0 Å². The van der Waals surface area contributed by atoms with Gasteiger partial charge in [0.2, 0.25) is 6.71 Å². The summed E-state index contributed by atoms with van der Waals surface area (Å²) in [6, 6.07) is 35.3. The van der Waals surface area contributed by atoms with Gasteiger partial charge in [-0.2, -0.15) is 0 Å². The van der Waals surface area contributed by atoms with Crippen LogP contribution in [0.25, 0.3) is 38.8 Å². The van der Waals surface area contributed by atoms with Gasteiger partial charge >= 0.3 is 0 Å². The molecule has 3 nitrogen and oxygen atoms in total. The molecule has 0 fully saturated rings. The summed E-state index contributed by atoms with van der Waals surface area (Å²) >= 11 is 0. The number of aromatic nitrogens is 3. The van der Waals surface area contributed by atoms with Crippen LogP contribution in [0.15, 0.2) is 115 Å². The van der Waals surface area contributed by atoms with Crippen LogP contribution in [0.5, 0.6) is 0 Å². The first-order valence-electron chi connectivity index (χ1n) is 11.7. The molecule has 0 atom stereocenters. The van der Waals surface area contributed by atoms with Gasteiger partial charge in [0.25, 0.3) is 0 Å². The Morgan fingerprint density at radius 3 is 2.39 bits per heavy atom. The van der Waals surface area contributed by atoms with Crippen molar-refractivity contribution in [3.63, 3.8) is 0 Å². The van der Waals surface area contributed by atoms with E-state index in [1.807, 2.05) is 36.5 Å². The van der Waals surface area contributed by atoms with Gasteiger partial charge < -0.3 is 0 Å². The van der Waals surface area contributed by atoms with Crippen LogP contribution in [-0.2, 0) is 0 Å². The molecular formula is C29H22BN3. The second kappa shape index (κ2) is 8.07. The maximum absolute atomic E-state index is 8.04. The largest absolute Gasteiger partial charge is 0.294 e. The van der Waals surface area contributed by atoms with Crippen LogP contribution in [0, 0.1) is 0 Å². The van der Waals surface area contributed by atoms with Crippen LogP contribution in [0.2, 0.25) is 6.82 Å². The summed E-state index contributed by atoms with van der Waals surface area (Å²) in [6.07, 6.45) is 2.11. The topological polar surface area (TPSA) is 30.7 Å². The fourth-order valence-corrected chi connectivity index (χ4v) is 4.63. The van der Waals surface area contributed by atoms with E-state index in [1.54, 1.807) is 6.07 Å². The smallest absolute Gasteiger partial charge is 0.230 e. The van der Waals surface area contributed by atoms with E-state index < -0.39 is 0 Å². The maximum Gasteiger partial charge on any atom is 0.230 e. The highest BCUT2D eigenvalue weighted by molar-refractivity contribution is 6.83. The Bertz CT molecular complexity index is 1640. The Morgan fingerprint density at radius 1 is 0.697 bits per heavy atom. The van der Waals surface area contributed by atoms with E-state index in [0.717, 1.165) is 28.0 Å². The Kier molecular flexibility index (Phi) is 4.50. The molecule has 0 unspecified atom stereocenters. The number of rotatable bonds is 4. The molecule has 0 radical (unpaired) electrons. The average molecular weight is 424 g/mol. The van der Waals surface area contributed by atoms with Gasteiger partial charge in [-0.05, 0) is 47.5 Å². The molecule has 33 heavy (non-hydrogen) atoms. The zero-order valence-electron chi connectivity index (χ0n) is 19.3. The first-order chi connectivity index (χ1) is 16.7. The monoisotopic (exact) mass is 424 g/mol. The van der Waals surface area contributed by atoms with Gasteiger partial charge in [-0.15, -0.1) is 0 Å². The van der Waals surface area contributed by atoms with E-state index in [-0.39, 0.29) is 12.9 Å². The zero-order chi connectivity index (χ0) is 23.1. The molecule has 0 amide bonds. The molecule has 0 aliphatic carbocycles. The minimum absolute atomic E-state index is 0.209. The molecule has 6 aromatic rings. The lowest BCUT2D eigenvalue weighted by atomic mass is 9.44. The van der Waals surface area contributed by atoms with Crippen LogP contribution in [-0.4, -0.2) is 21.2 Å². The molecule has 0 bridgehead atoms. The van der Waals surface area contributed by atoms with Crippen LogP contribution in [0.3, 0.4) is 0 Å². The van der Waals surface area contributed by atoms with Crippen LogP contribution < -0.4 is 11.1 Å². The first kappa shape index (κ1) is 18.4. The van der Waals surface area contributed by atoms with Crippen molar-refractivity contribution in [3.05, 3.63) is 115 Å². The van der Waals surface area contributed by atoms with Gasteiger partial charge in [-0.25, -0.2) is 4.98 Å². The molecule has 0 aliphatic heterocycles. The highest BCUT2D eigenvalue weighted by Crippen LogP contribution is 2.34. The number of pyridine rings is 2. The minimum Gasteiger partial charge on any atom is -0.294 e. The molecule has 3 heterocycles. The van der Waals surface area contributed by atoms with Gasteiger partial charge in [0.1, 0.15) is 5.82 Å². The highest BCUT2D eigenvalue weighted by atomic mass is 15.1. The van der Waals surface area contributed by atoms with E-state index in [9.17, 15) is 0 Å². The van der Waals surface area contributed by atoms with Gasteiger partial charge in [0.05, 0.1) is 12.4 Å². The molecule has 0 aliphatic rings. The van der Waals surface area contributed by atoms with Crippen molar-refractivity contribution in [2.24, 2.45) is 0 Å². The number of hydrogen-bond donors (Lipinski definition) is 0. The molecule has 0 saturated heterocycles. The number of nitrogens with zero attached hydrogens (tertiary/aromatic N) is 3. The summed E-state index contributed by atoms with van der Waals surface area (Å²) in [5.74, 6) is 0.758. The fraction of sp³-hybridized carbons (Fsp3) is 0.0345. The number of para-hydroxylation sites is 1. The van der Waals surface area contributed by atoms with Gasteiger partial charge in [0.15, 0.2) is 0 Å². The Balaban J connectivity index is 1.52. The number of benzene rings is 3. The average Bonchev–Trinajstić information content (AvgIpc) is 3.22. The predicted octanol–water partition coefficient (Wildman–Crippen LogP) is 5.48. The summed E-state index contributed by atoms with van der Waals surface area (Å²) in [7, 11) is 0. The quantitative estimate of drug-likeness (QED) is 0.351. The van der Waals surface area contributed by atoms with Gasteiger partial charge in [-0.3, -0.25) is 9.55 Å². The molecule has 0 saturated carbocycles. The van der Waals surface area contributed by atoms with Crippen molar-refractivity contribution in [1.82, 2.24) is 14.5 Å². The van der Waals surface area contributed by atoms with Gasteiger partial charge in [-0.1, -0.05) is 79.0 Å². The lowest BCUT2D eigenvalue weighted by Crippen LogP contribution is -2.40. The van der Waals surface area contributed by atoms with E-state index in [1.165, 1.54) is 21.8 Å². The second-order valence-corrected chi connectivity index (χ2v) is 8.31. The normalized spacial score (nSPS) is 11.6. The molecule has 6 rings (SSSR count). The number of fused-ring (bicyclic) bond motifs is 3. The molecule has 3 aromatic heterocycles. The summed E-state index contributed by atoms with van der Waals surface area (Å²) in [4.78, 5) is 9.06. The van der Waals surface area contributed by atoms with Crippen molar-refractivity contribution < 1.29 is 1.37 Å². The standard InChI is InChI=1S/C29H22BN3/c1-30(28-13-4-6-17-31-28)23-10-8-9-21(19-23)22-15-16-25-24-11-2-3-12-26(24)33(27(25)20-22)29-14-5-7-18-32-29/h2-20H,1H3/i18D. The summed E-state index contributed by atoms with van der Waals surface area (Å²) in [6.45, 7) is 2.41. The Hall–Kier alpha value is -4.18.